The lowest BCUT2D eigenvalue weighted by molar-refractivity contribution is 0.517. The van der Waals surface area contributed by atoms with Crippen LogP contribution in [0.1, 0.15) is 55.9 Å². The molecule has 0 unspecified atom stereocenters. The number of nitrogens with zero attached hydrogens (tertiary/aromatic N) is 1. The molecule has 2 aromatic carbocycles. The molecule has 28 heavy (non-hydrogen) atoms. The third-order valence-corrected chi connectivity index (χ3v) is 5.29. The summed E-state index contributed by atoms with van der Waals surface area (Å²) in [6.45, 7) is 13.2. The summed E-state index contributed by atoms with van der Waals surface area (Å²) in [4.78, 5) is 0. The lowest BCUT2D eigenvalue weighted by Gasteiger charge is -2.18. The lowest BCUT2D eigenvalue weighted by Crippen LogP contribution is -2.08. The molecule has 0 aromatic heterocycles. The quantitative estimate of drug-likeness (QED) is 0.438. The number of anilines is 1. The van der Waals surface area contributed by atoms with Crippen LogP contribution >= 0.6 is 0 Å². The Kier molecular flexibility index (Phi) is 5.88. The monoisotopic (exact) mass is 372 g/mol. The van der Waals surface area contributed by atoms with Gasteiger partial charge >= 0.3 is 0 Å². The van der Waals surface area contributed by atoms with Gasteiger partial charge in [0, 0.05) is 6.42 Å². The van der Waals surface area contributed by atoms with Crippen molar-refractivity contribution >= 4 is 11.4 Å². The van der Waals surface area contributed by atoms with Crippen molar-refractivity contribution < 1.29 is 0 Å². The molecule has 2 aromatic rings. The van der Waals surface area contributed by atoms with E-state index in [0.717, 1.165) is 24.2 Å². The minimum Gasteiger partial charge on any atom is -0.278 e. The van der Waals surface area contributed by atoms with E-state index in [9.17, 15) is 0 Å². The van der Waals surface area contributed by atoms with Gasteiger partial charge in [-0.25, -0.2) is 0 Å². The molecule has 0 radical (unpaired) electrons. The molecule has 1 aliphatic carbocycles. The average molecular weight is 373 g/mol. The maximum absolute atomic E-state index is 4.87. The fourth-order valence-electron chi connectivity index (χ4n) is 3.76. The molecule has 1 N–H and O–H groups in total. The second kappa shape index (κ2) is 8.18. The van der Waals surface area contributed by atoms with Gasteiger partial charge in [0.15, 0.2) is 0 Å². The summed E-state index contributed by atoms with van der Waals surface area (Å²) in [5.74, 6) is 0. The Labute approximate surface area is 170 Å². The molecular formula is C26H32N2. The molecule has 0 amide bonds. The van der Waals surface area contributed by atoms with Crippen molar-refractivity contribution in [3.63, 3.8) is 0 Å². The van der Waals surface area contributed by atoms with Crippen LogP contribution in [0.5, 0.6) is 0 Å². The van der Waals surface area contributed by atoms with Crippen molar-refractivity contribution in [3.8, 4) is 0 Å². The highest BCUT2D eigenvalue weighted by Gasteiger charge is 2.20. The van der Waals surface area contributed by atoms with Crippen molar-refractivity contribution in [2.24, 2.45) is 10.5 Å². The molecule has 146 valence electrons. The van der Waals surface area contributed by atoms with Gasteiger partial charge in [0.05, 0.1) is 11.4 Å². The van der Waals surface area contributed by atoms with E-state index in [1.54, 1.807) is 0 Å². The number of hydrazone groups is 1. The third-order valence-electron chi connectivity index (χ3n) is 5.29. The summed E-state index contributed by atoms with van der Waals surface area (Å²) in [6.07, 6.45) is 6.60. The predicted octanol–water partition coefficient (Wildman–Crippen LogP) is 7.12. The molecule has 2 heteroatoms. The standard InChI is InChI=1S/C26H32N2/c1-18-14-19(2)25(20(3)15-18)28-27-24(22-10-8-7-9-11-22)17-21-12-13-23(16-21)26(4,5)6/h7-11,13-16,28H,12,17H2,1-6H3. The van der Waals surface area contributed by atoms with Gasteiger partial charge in [-0.3, -0.25) is 5.43 Å². The summed E-state index contributed by atoms with van der Waals surface area (Å²) in [5.41, 5.74) is 13.5. The smallest absolute Gasteiger partial charge is 0.0720 e. The van der Waals surface area contributed by atoms with E-state index in [4.69, 9.17) is 5.10 Å². The number of rotatable bonds is 5. The Morgan fingerprint density at radius 2 is 1.64 bits per heavy atom. The zero-order valence-electron chi connectivity index (χ0n) is 18.1. The molecule has 0 atom stereocenters. The van der Waals surface area contributed by atoms with Gasteiger partial charge in [-0.1, -0.05) is 86.5 Å². The Balaban J connectivity index is 1.88. The lowest BCUT2D eigenvalue weighted by atomic mass is 9.87. The molecule has 0 aliphatic heterocycles. The Morgan fingerprint density at radius 1 is 1.00 bits per heavy atom. The van der Waals surface area contributed by atoms with Crippen LogP contribution in [-0.2, 0) is 0 Å². The van der Waals surface area contributed by atoms with Gasteiger partial charge in [-0.05, 0) is 54.9 Å². The van der Waals surface area contributed by atoms with Gasteiger partial charge in [0.25, 0.3) is 0 Å². The fraction of sp³-hybridized carbons (Fsp3) is 0.346. The van der Waals surface area contributed by atoms with Gasteiger partial charge in [0.2, 0.25) is 0 Å². The third kappa shape index (κ3) is 4.81. The second-order valence-electron chi connectivity index (χ2n) is 8.90. The van der Waals surface area contributed by atoms with E-state index in [1.807, 2.05) is 0 Å². The van der Waals surface area contributed by atoms with Crippen LogP contribution in [0.15, 0.2) is 70.9 Å². The predicted molar refractivity (Wildman–Crippen MR) is 122 cm³/mol. The molecule has 0 saturated carbocycles. The van der Waals surface area contributed by atoms with Crippen LogP contribution in [0.25, 0.3) is 0 Å². The van der Waals surface area contributed by atoms with Crippen LogP contribution < -0.4 is 5.43 Å². The Bertz CT molecular complexity index is 915. The first-order valence-electron chi connectivity index (χ1n) is 10.1. The molecular weight excluding hydrogens is 340 g/mol. The maximum atomic E-state index is 4.87. The van der Waals surface area contributed by atoms with Crippen LogP contribution in [0, 0.1) is 26.2 Å². The molecule has 0 spiro atoms. The van der Waals surface area contributed by atoms with Crippen molar-refractivity contribution in [2.45, 2.75) is 54.4 Å². The van der Waals surface area contributed by atoms with Gasteiger partial charge in [-0.15, -0.1) is 0 Å². The first-order chi connectivity index (χ1) is 13.2. The zero-order chi connectivity index (χ0) is 20.3. The second-order valence-corrected chi connectivity index (χ2v) is 8.90. The largest absolute Gasteiger partial charge is 0.278 e. The van der Waals surface area contributed by atoms with Crippen LogP contribution in [0.2, 0.25) is 0 Å². The van der Waals surface area contributed by atoms with Crippen molar-refractivity contribution in [3.05, 3.63) is 88.0 Å². The van der Waals surface area contributed by atoms with Crippen molar-refractivity contribution in [2.75, 3.05) is 5.43 Å². The van der Waals surface area contributed by atoms with E-state index in [1.165, 1.54) is 33.4 Å². The topological polar surface area (TPSA) is 24.4 Å². The minimum absolute atomic E-state index is 0.195. The first kappa shape index (κ1) is 20.1. The average Bonchev–Trinajstić information content (AvgIpc) is 3.09. The minimum atomic E-state index is 0.195. The Morgan fingerprint density at radius 3 is 2.21 bits per heavy atom. The molecule has 2 nitrogen and oxygen atoms in total. The fourth-order valence-corrected chi connectivity index (χ4v) is 3.76. The summed E-state index contributed by atoms with van der Waals surface area (Å²) in [5, 5.41) is 4.87. The SMILES string of the molecule is Cc1cc(C)c(NN=C(CC2=CC(C(C)(C)C)=CC2)c2ccccc2)c(C)c1. The molecule has 0 saturated heterocycles. The number of aryl methyl sites for hydroxylation is 3. The maximum Gasteiger partial charge on any atom is 0.0720 e. The molecule has 0 heterocycles. The molecule has 3 rings (SSSR count). The molecule has 0 fully saturated rings. The normalized spacial score (nSPS) is 14.7. The van der Waals surface area contributed by atoms with E-state index in [0.29, 0.717) is 0 Å². The highest BCUT2D eigenvalue weighted by molar-refractivity contribution is 6.02. The van der Waals surface area contributed by atoms with Crippen LogP contribution in [-0.4, -0.2) is 5.71 Å². The highest BCUT2D eigenvalue weighted by Crippen LogP contribution is 2.34. The van der Waals surface area contributed by atoms with E-state index in [-0.39, 0.29) is 5.41 Å². The van der Waals surface area contributed by atoms with Gasteiger partial charge in [0.1, 0.15) is 0 Å². The van der Waals surface area contributed by atoms with Crippen molar-refractivity contribution in [1.29, 1.82) is 0 Å². The zero-order valence-corrected chi connectivity index (χ0v) is 18.1. The number of hydrogen-bond donors (Lipinski definition) is 1. The first-order valence-corrected chi connectivity index (χ1v) is 10.1. The number of benzene rings is 2. The van der Waals surface area contributed by atoms with Gasteiger partial charge in [-0.2, -0.15) is 5.10 Å². The van der Waals surface area contributed by atoms with Crippen LogP contribution in [0.3, 0.4) is 0 Å². The van der Waals surface area contributed by atoms with Crippen molar-refractivity contribution in [1.82, 2.24) is 0 Å². The number of allylic oxidation sites excluding steroid dienone is 4. The Hall–Kier alpha value is -2.61. The van der Waals surface area contributed by atoms with E-state index >= 15 is 0 Å². The molecule has 0 bridgehead atoms. The highest BCUT2D eigenvalue weighted by atomic mass is 15.3. The van der Waals surface area contributed by atoms with E-state index < -0.39 is 0 Å². The number of hydrogen-bond acceptors (Lipinski definition) is 2. The summed E-state index contributed by atoms with van der Waals surface area (Å²) >= 11 is 0. The summed E-state index contributed by atoms with van der Waals surface area (Å²) < 4.78 is 0. The molecule has 1 aliphatic rings. The van der Waals surface area contributed by atoms with E-state index in [2.05, 4.69) is 102 Å². The summed E-state index contributed by atoms with van der Waals surface area (Å²) in [7, 11) is 0. The number of nitrogens with one attached hydrogen (secondary N) is 1. The van der Waals surface area contributed by atoms with Gasteiger partial charge < -0.3 is 0 Å². The summed E-state index contributed by atoms with van der Waals surface area (Å²) in [6, 6.07) is 14.9. The van der Waals surface area contributed by atoms with Crippen LogP contribution in [0.4, 0.5) is 5.69 Å².